The molecule has 0 amide bonds. The summed E-state index contributed by atoms with van der Waals surface area (Å²) in [5, 5.41) is 0. The second-order valence-corrected chi connectivity index (χ2v) is 3.38. The van der Waals surface area contributed by atoms with E-state index in [1.54, 1.807) is 0 Å². The molecule has 1 saturated heterocycles. The van der Waals surface area contributed by atoms with Gasteiger partial charge < -0.3 is 10.6 Å². The third kappa shape index (κ3) is 1.30. The summed E-state index contributed by atoms with van der Waals surface area (Å²) in [5.74, 6) is 0. The minimum Gasteiger partial charge on any atom is -0.363 e. The standard InChI is InChI=1S/C10H14N2/c1-8-2-4-9(5-3-8)12-7-10(12)6-11/h2-5,10H,6-7,11H2,1H3. The zero-order valence-corrected chi connectivity index (χ0v) is 7.33. The molecule has 1 fully saturated rings. The smallest absolute Gasteiger partial charge is 0.0588 e. The van der Waals surface area contributed by atoms with Crippen LogP contribution in [-0.4, -0.2) is 19.1 Å². The molecule has 0 aromatic heterocycles. The van der Waals surface area contributed by atoms with Crippen LogP contribution in [0, 0.1) is 6.92 Å². The fraction of sp³-hybridized carbons (Fsp3) is 0.400. The Bertz CT molecular complexity index is 266. The normalized spacial score (nSPS) is 21.2. The van der Waals surface area contributed by atoms with Gasteiger partial charge in [0.1, 0.15) is 0 Å². The molecular formula is C10H14N2. The van der Waals surface area contributed by atoms with Crippen molar-refractivity contribution in [2.45, 2.75) is 13.0 Å². The molecule has 0 bridgehead atoms. The van der Waals surface area contributed by atoms with Gasteiger partial charge in [0.15, 0.2) is 0 Å². The van der Waals surface area contributed by atoms with Gasteiger partial charge in [0.25, 0.3) is 0 Å². The number of nitrogens with zero attached hydrogens (tertiary/aromatic N) is 1. The third-order valence-corrected chi connectivity index (χ3v) is 2.35. The van der Waals surface area contributed by atoms with Crippen molar-refractivity contribution in [2.24, 2.45) is 5.73 Å². The van der Waals surface area contributed by atoms with Crippen LogP contribution < -0.4 is 10.6 Å². The summed E-state index contributed by atoms with van der Waals surface area (Å²) in [7, 11) is 0. The summed E-state index contributed by atoms with van der Waals surface area (Å²) < 4.78 is 0. The van der Waals surface area contributed by atoms with Crippen LogP contribution in [0.5, 0.6) is 0 Å². The number of hydrogen-bond acceptors (Lipinski definition) is 2. The summed E-state index contributed by atoms with van der Waals surface area (Å²) in [6.07, 6.45) is 0. The van der Waals surface area contributed by atoms with Crippen molar-refractivity contribution < 1.29 is 0 Å². The molecule has 0 spiro atoms. The number of rotatable bonds is 2. The molecule has 0 aliphatic carbocycles. The van der Waals surface area contributed by atoms with Crippen molar-refractivity contribution in [3.63, 3.8) is 0 Å². The highest BCUT2D eigenvalue weighted by Gasteiger charge is 2.32. The summed E-state index contributed by atoms with van der Waals surface area (Å²) in [4.78, 5) is 2.32. The van der Waals surface area contributed by atoms with Crippen LogP contribution in [-0.2, 0) is 0 Å². The molecule has 1 aromatic rings. The average molecular weight is 162 g/mol. The van der Waals surface area contributed by atoms with Gasteiger partial charge in [-0.25, -0.2) is 0 Å². The maximum absolute atomic E-state index is 5.55. The van der Waals surface area contributed by atoms with E-state index in [0.29, 0.717) is 6.04 Å². The average Bonchev–Trinajstić information content (AvgIpc) is 2.85. The predicted molar refractivity (Wildman–Crippen MR) is 51.4 cm³/mol. The maximum Gasteiger partial charge on any atom is 0.0588 e. The van der Waals surface area contributed by atoms with Gasteiger partial charge in [0, 0.05) is 18.8 Å². The van der Waals surface area contributed by atoms with Crippen LogP contribution in [0.1, 0.15) is 5.56 Å². The van der Waals surface area contributed by atoms with E-state index in [1.165, 1.54) is 11.3 Å². The lowest BCUT2D eigenvalue weighted by molar-refractivity contribution is 0.967. The minimum atomic E-state index is 0.590. The molecule has 1 aliphatic rings. The lowest BCUT2D eigenvalue weighted by atomic mass is 10.2. The van der Waals surface area contributed by atoms with Crippen molar-refractivity contribution in [1.82, 2.24) is 0 Å². The Hall–Kier alpha value is -1.02. The molecule has 2 rings (SSSR count). The lowest BCUT2D eigenvalue weighted by Gasteiger charge is -2.04. The summed E-state index contributed by atoms with van der Waals surface area (Å²) >= 11 is 0. The Kier molecular flexibility index (Phi) is 1.77. The zero-order chi connectivity index (χ0) is 8.55. The lowest BCUT2D eigenvalue weighted by Crippen LogP contribution is -2.11. The Morgan fingerprint density at radius 2 is 2.08 bits per heavy atom. The van der Waals surface area contributed by atoms with Gasteiger partial charge in [-0.1, -0.05) is 17.7 Å². The van der Waals surface area contributed by atoms with Crippen LogP contribution in [0.15, 0.2) is 24.3 Å². The Morgan fingerprint density at radius 3 is 2.58 bits per heavy atom. The summed E-state index contributed by atoms with van der Waals surface area (Å²) in [6.45, 7) is 4.00. The first-order valence-electron chi connectivity index (χ1n) is 4.34. The summed E-state index contributed by atoms with van der Waals surface area (Å²) in [5.41, 5.74) is 8.16. The van der Waals surface area contributed by atoms with Crippen LogP contribution >= 0.6 is 0 Å². The maximum atomic E-state index is 5.55. The molecule has 12 heavy (non-hydrogen) atoms. The first-order chi connectivity index (χ1) is 5.81. The number of nitrogens with two attached hydrogens (primary N) is 1. The van der Waals surface area contributed by atoms with E-state index < -0.39 is 0 Å². The van der Waals surface area contributed by atoms with Crippen molar-refractivity contribution in [1.29, 1.82) is 0 Å². The van der Waals surface area contributed by atoms with Crippen LogP contribution in [0.2, 0.25) is 0 Å². The first-order valence-corrected chi connectivity index (χ1v) is 4.34. The molecule has 1 heterocycles. The molecular weight excluding hydrogens is 148 g/mol. The van der Waals surface area contributed by atoms with Gasteiger partial charge in [0.05, 0.1) is 6.04 Å². The van der Waals surface area contributed by atoms with E-state index >= 15 is 0 Å². The first kappa shape index (κ1) is 7.62. The monoisotopic (exact) mass is 162 g/mol. The van der Waals surface area contributed by atoms with E-state index in [2.05, 4.69) is 36.1 Å². The molecule has 2 heteroatoms. The number of aryl methyl sites for hydroxylation is 1. The molecule has 0 saturated carbocycles. The highest BCUT2D eigenvalue weighted by molar-refractivity contribution is 5.54. The number of benzene rings is 1. The van der Waals surface area contributed by atoms with Crippen molar-refractivity contribution in [3.05, 3.63) is 29.8 Å². The molecule has 1 aromatic carbocycles. The molecule has 1 unspecified atom stereocenters. The highest BCUT2D eigenvalue weighted by atomic mass is 15.3. The van der Waals surface area contributed by atoms with E-state index in [-0.39, 0.29) is 0 Å². The Balaban J connectivity index is 2.10. The Morgan fingerprint density at radius 1 is 1.42 bits per heavy atom. The van der Waals surface area contributed by atoms with Crippen LogP contribution in [0.3, 0.4) is 0 Å². The molecule has 1 aliphatic heterocycles. The topological polar surface area (TPSA) is 29.0 Å². The van der Waals surface area contributed by atoms with E-state index in [4.69, 9.17) is 5.73 Å². The number of anilines is 1. The minimum absolute atomic E-state index is 0.590. The fourth-order valence-electron chi connectivity index (χ4n) is 1.43. The molecule has 0 radical (unpaired) electrons. The van der Waals surface area contributed by atoms with E-state index in [1.807, 2.05) is 0 Å². The van der Waals surface area contributed by atoms with Gasteiger partial charge in [-0.3, -0.25) is 0 Å². The van der Waals surface area contributed by atoms with Crippen molar-refractivity contribution in [3.8, 4) is 0 Å². The highest BCUT2D eigenvalue weighted by Crippen LogP contribution is 2.26. The Labute approximate surface area is 73.0 Å². The van der Waals surface area contributed by atoms with Crippen molar-refractivity contribution >= 4 is 5.69 Å². The van der Waals surface area contributed by atoms with E-state index in [0.717, 1.165) is 13.1 Å². The quantitative estimate of drug-likeness (QED) is 0.661. The number of hydrogen-bond donors (Lipinski definition) is 1. The van der Waals surface area contributed by atoms with Gasteiger partial charge >= 0.3 is 0 Å². The third-order valence-electron chi connectivity index (χ3n) is 2.35. The molecule has 64 valence electrons. The SMILES string of the molecule is Cc1ccc(N2CC2CN)cc1. The molecule has 2 N–H and O–H groups in total. The zero-order valence-electron chi connectivity index (χ0n) is 7.33. The largest absolute Gasteiger partial charge is 0.363 e. The van der Waals surface area contributed by atoms with Gasteiger partial charge in [-0.05, 0) is 19.1 Å². The molecule has 1 atom stereocenters. The predicted octanol–water partition coefficient (Wildman–Crippen LogP) is 1.14. The molecule has 2 nitrogen and oxygen atoms in total. The van der Waals surface area contributed by atoms with Gasteiger partial charge in [0.2, 0.25) is 0 Å². The van der Waals surface area contributed by atoms with E-state index in [9.17, 15) is 0 Å². The second-order valence-electron chi connectivity index (χ2n) is 3.38. The second kappa shape index (κ2) is 2.79. The van der Waals surface area contributed by atoms with Crippen LogP contribution in [0.25, 0.3) is 0 Å². The van der Waals surface area contributed by atoms with Crippen molar-refractivity contribution in [2.75, 3.05) is 18.0 Å². The van der Waals surface area contributed by atoms with Gasteiger partial charge in [-0.2, -0.15) is 0 Å². The van der Waals surface area contributed by atoms with Gasteiger partial charge in [-0.15, -0.1) is 0 Å². The fourth-order valence-corrected chi connectivity index (χ4v) is 1.43. The summed E-state index contributed by atoms with van der Waals surface area (Å²) in [6, 6.07) is 9.19. The van der Waals surface area contributed by atoms with Crippen LogP contribution in [0.4, 0.5) is 5.69 Å².